The van der Waals surface area contributed by atoms with Gasteiger partial charge in [0.1, 0.15) is 0 Å². The minimum absolute atomic E-state index is 0.272. The second-order valence-corrected chi connectivity index (χ2v) is 5.33. The lowest BCUT2D eigenvalue weighted by atomic mass is 10.2. The Morgan fingerprint density at radius 1 is 1.30 bits per heavy atom. The highest BCUT2D eigenvalue weighted by Gasteiger charge is 2.12. The van der Waals surface area contributed by atoms with E-state index in [1.54, 1.807) is 12.4 Å². The van der Waals surface area contributed by atoms with Crippen molar-refractivity contribution in [1.29, 1.82) is 0 Å². The maximum Gasteiger partial charge on any atom is 0.231 e. The Labute approximate surface area is 139 Å². The van der Waals surface area contributed by atoms with Crippen molar-refractivity contribution in [2.45, 2.75) is 13.5 Å². The first-order valence-electron chi connectivity index (χ1n) is 7.09. The number of aromatic nitrogens is 1. The number of hydrogen-bond acceptors (Lipinski definition) is 5. The van der Waals surface area contributed by atoms with E-state index in [9.17, 15) is 0 Å². The molecular formula is C16H16N4O2S. The van der Waals surface area contributed by atoms with Crippen LogP contribution in [0.1, 0.15) is 18.1 Å². The fourth-order valence-electron chi connectivity index (χ4n) is 2.05. The van der Waals surface area contributed by atoms with Gasteiger partial charge in [0.25, 0.3) is 0 Å². The molecule has 0 amide bonds. The summed E-state index contributed by atoms with van der Waals surface area (Å²) in [5.41, 5.74) is 5.63. The standard InChI is InChI=1S/C16H16N4O2S/c1-11(13-3-2-6-17-9-13)19-20-16(23)18-8-12-4-5-14-15(7-12)22-10-21-14/h2-7,9H,8,10H2,1H3,(H2,18,20,23)/b19-11-. The quantitative estimate of drug-likeness (QED) is 0.509. The molecule has 3 rings (SSSR count). The SMILES string of the molecule is C/C(=N/NC(=S)NCc1ccc2c(c1)OCO2)c1cccnc1. The maximum atomic E-state index is 5.35. The van der Waals surface area contributed by atoms with Crippen molar-refractivity contribution in [2.24, 2.45) is 5.10 Å². The normalized spacial score (nSPS) is 12.8. The number of hydrogen-bond donors (Lipinski definition) is 2. The number of hydrazone groups is 1. The van der Waals surface area contributed by atoms with E-state index in [1.165, 1.54) is 0 Å². The number of pyridine rings is 1. The molecule has 0 aliphatic carbocycles. The van der Waals surface area contributed by atoms with E-state index in [2.05, 4.69) is 20.8 Å². The predicted molar refractivity (Wildman–Crippen MR) is 91.6 cm³/mol. The van der Waals surface area contributed by atoms with Crippen LogP contribution >= 0.6 is 12.2 Å². The van der Waals surface area contributed by atoms with E-state index >= 15 is 0 Å². The molecule has 0 spiro atoms. The van der Waals surface area contributed by atoms with Crippen molar-refractivity contribution in [3.63, 3.8) is 0 Å². The summed E-state index contributed by atoms with van der Waals surface area (Å²) in [7, 11) is 0. The van der Waals surface area contributed by atoms with Gasteiger partial charge in [-0.1, -0.05) is 12.1 Å². The fraction of sp³-hybridized carbons (Fsp3) is 0.188. The Hall–Kier alpha value is -2.67. The Kier molecular flexibility index (Phi) is 4.68. The van der Waals surface area contributed by atoms with E-state index < -0.39 is 0 Å². The zero-order chi connectivity index (χ0) is 16.1. The molecular weight excluding hydrogens is 312 g/mol. The number of thiocarbonyl (C=S) groups is 1. The van der Waals surface area contributed by atoms with E-state index in [-0.39, 0.29) is 6.79 Å². The molecule has 7 heteroatoms. The topological polar surface area (TPSA) is 67.8 Å². The molecule has 0 saturated heterocycles. The van der Waals surface area contributed by atoms with Gasteiger partial charge in [-0.2, -0.15) is 5.10 Å². The van der Waals surface area contributed by atoms with E-state index in [4.69, 9.17) is 21.7 Å². The molecule has 118 valence electrons. The first-order chi connectivity index (χ1) is 11.2. The second-order valence-electron chi connectivity index (χ2n) is 4.92. The summed E-state index contributed by atoms with van der Waals surface area (Å²) in [5.74, 6) is 1.53. The molecule has 0 saturated carbocycles. The fourth-order valence-corrected chi connectivity index (χ4v) is 2.17. The van der Waals surface area contributed by atoms with Gasteiger partial charge in [-0.25, -0.2) is 0 Å². The van der Waals surface area contributed by atoms with Crippen LogP contribution in [0.5, 0.6) is 11.5 Å². The van der Waals surface area contributed by atoms with Crippen LogP contribution in [0.15, 0.2) is 47.8 Å². The summed E-state index contributed by atoms with van der Waals surface area (Å²) >= 11 is 5.22. The molecule has 1 aromatic carbocycles. The van der Waals surface area contributed by atoms with Gasteiger partial charge in [0.05, 0.1) is 5.71 Å². The number of ether oxygens (including phenoxy) is 2. The van der Waals surface area contributed by atoms with Gasteiger partial charge in [-0.3, -0.25) is 10.4 Å². The molecule has 2 aromatic rings. The monoisotopic (exact) mass is 328 g/mol. The molecule has 2 heterocycles. The first-order valence-corrected chi connectivity index (χ1v) is 7.50. The number of nitrogens with one attached hydrogen (secondary N) is 2. The zero-order valence-electron chi connectivity index (χ0n) is 12.6. The lowest BCUT2D eigenvalue weighted by molar-refractivity contribution is 0.174. The van der Waals surface area contributed by atoms with Crippen LogP contribution in [0.2, 0.25) is 0 Å². The average molecular weight is 328 g/mol. The largest absolute Gasteiger partial charge is 0.454 e. The van der Waals surface area contributed by atoms with Crippen molar-refractivity contribution >= 4 is 23.0 Å². The number of fused-ring (bicyclic) bond motifs is 1. The van der Waals surface area contributed by atoms with Gasteiger partial charge in [0, 0.05) is 24.5 Å². The summed E-state index contributed by atoms with van der Waals surface area (Å²) < 4.78 is 10.6. The Bertz CT molecular complexity index is 734. The van der Waals surface area contributed by atoms with Crippen LogP contribution in [0, 0.1) is 0 Å². The molecule has 1 aromatic heterocycles. The van der Waals surface area contributed by atoms with Crippen LogP contribution in [0.3, 0.4) is 0 Å². The lowest BCUT2D eigenvalue weighted by Gasteiger charge is -2.08. The molecule has 0 radical (unpaired) electrons. The van der Waals surface area contributed by atoms with Gasteiger partial charge in [0.15, 0.2) is 16.6 Å². The van der Waals surface area contributed by atoms with E-state index in [1.807, 2.05) is 37.3 Å². The maximum absolute atomic E-state index is 5.35. The number of rotatable bonds is 4. The predicted octanol–water partition coefficient (Wildman–Crippen LogP) is 2.20. The second kappa shape index (κ2) is 7.06. The zero-order valence-corrected chi connectivity index (χ0v) is 13.4. The molecule has 2 N–H and O–H groups in total. The molecule has 0 fully saturated rings. The van der Waals surface area contributed by atoms with Crippen LogP contribution in [0.25, 0.3) is 0 Å². The van der Waals surface area contributed by atoms with Gasteiger partial charge in [0.2, 0.25) is 6.79 Å². The molecule has 0 atom stereocenters. The first kappa shape index (κ1) is 15.2. The van der Waals surface area contributed by atoms with Crippen molar-refractivity contribution < 1.29 is 9.47 Å². The smallest absolute Gasteiger partial charge is 0.231 e. The van der Waals surface area contributed by atoms with Crippen molar-refractivity contribution in [1.82, 2.24) is 15.7 Å². The third-order valence-corrected chi connectivity index (χ3v) is 3.53. The molecule has 0 bridgehead atoms. The highest BCUT2D eigenvalue weighted by Crippen LogP contribution is 2.32. The summed E-state index contributed by atoms with van der Waals surface area (Å²) in [6.45, 7) is 2.74. The van der Waals surface area contributed by atoms with Gasteiger partial charge < -0.3 is 14.8 Å². The third-order valence-electron chi connectivity index (χ3n) is 3.29. The highest BCUT2D eigenvalue weighted by molar-refractivity contribution is 7.80. The Balaban J connectivity index is 1.52. The third kappa shape index (κ3) is 3.95. The molecule has 0 unspecified atom stereocenters. The summed E-state index contributed by atoms with van der Waals surface area (Å²) in [5, 5.41) is 7.79. The van der Waals surface area contributed by atoms with Crippen molar-refractivity contribution in [3.05, 3.63) is 53.9 Å². The average Bonchev–Trinajstić information content (AvgIpc) is 3.06. The molecule has 1 aliphatic rings. The highest BCUT2D eigenvalue weighted by atomic mass is 32.1. The van der Waals surface area contributed by atoms with Gasteiger partial charge >= 0.3 is 0 Å². The molecule has 23 heavy (non-hydrogen) atoms. The lowest BCUT2D eigenvalue weighted by Crippen LogP contribution is -2.32. The summed E-state index contributed by atoms with van der Waals surface area (Å²) in [6, 6.07) is 9.59. The summed E-state index contributed by atoms with van der Waals surface area (Å²) in [6.07, 6.45) is 3.48. The number of nitrogens with zero attached hydrogens (tertiary/aromatic N) is 2. The minimum Gasteiger partial charge on any atom is -0.454 e. The van der Waals surface area contributed by atoms with E-state index in [0.29, 0.717) is 11.7 Å². The summed E-state index contributed by atoms with van der Waals surface area (Å²) in [4.78, 5) is 4.06. The van der Waals surface area contributed by atoms with Gasteiger partial charge in [-0.15, -0.1) is 0 Å². The molecule has 6 nitrogen and oxygen atoms in total. The van der Waals surface area contributed by atoms with Crippen LogP contribution in [0.4, 0.5) is 0 Å². The van der Waals surface area contributed by atoms with Crippen LogP contribution < -0.4 is 20.2 Å². The Morgan fingerprint density at radius 2 is 2.17 bits per heavy atom. The molecule has 1 aliphatic heterocycles. The van der Waals surface area contributed by atoms with Crippen molar-refractivity contribution in [2.75, 3.05) is 6.79 Å². The van der Waals surface area contributed by atoms with Gasteiger partial charge in [-0.05, 0) is 42.9 Å². The van der Waals surface area contributed by atoms with Crippen LogP contribution in [-0.4, -0.2) is 22.6 Å². The van der Waals surface area contributed by atoms with Crippen molar-refractivity contribution in [3.8, 4) is 11.5 Å². The van der Waals surface area contributed by atoms with E-state index in [0.717, 1.165) is 28.3 Å². The Morgan fingerprint density at radius 3 is 3.00 bits per heavy atom. The number of benzene rings is 1. The minimum atomic E-state index is 0.272. The van der Waals surface area contributed by atoms with Crippen LogP contribution in [-0.2, 0) is 6.54 Å².